The van der Waals surface area contributed by atoms with E-state index in [2.05, 4.69) is 24.8 Å². The van der Waals surface area contributed by atoms with Gasteiger partial charge in [0.05, 0.1) is 22.8 Å². The number of carbonyl (C=O) groups is 1. The number of anilines is 1. The number of nitrogens with zero attached hydrogens (tertiary/aromatic N) is 6. The zero-order valence-corrected chi connectivity index (χ0v) is 16.3. The molecule has 1 fully saturated rings. The van der Waals surface area contributed by atoms with Gasteiger partial charge in [0.1, 0.15) is 12.0 Å². The fourth-order valence-corrected chi connectivity index (χ4v) is 3.31. The summed E-state index contributed by atoms with van der Waals surface area (Å²) in [5, 5.41) is 0.573. The summed E-state index contributed by atoms with van der Waals surface area (Å²) in [7, 11) is 0. The monoisotopic (exact) mass is 414 g/mol. The molecule has 4 rings (SSSR count). The maximum absolute atomic E-state index is 12.6. The molecule has 1 amide bonds. The number of amides is 1. The van der Waals surface area contributed by atoms with Crippen LogP contribution in [0.25, 0.3) is 10.9 Å². The molecular formula is C20H20F2N6O2. The molecule has 30 heavy (non-hydrogen) atoms. The number of halogens is 2. The third-order valence-corrected chi connectivity index (χ3v) is 4.86. The number of piperazine rings is 1. The van der Waals surface area contributed by atoms with Gasteiger partial charge < -0.3 is 14.5 Å². The van der Waals surface area contributed by atoms with Crippen LogP contribution in [0.15, 0.2) is 36.9 Å². The van der Waals surface area contributed by atoms with Crippen LogP contribution in [-0.2, 0) is 0 Å². The number of benzene rings is 1. The van der Waals surface area contributed by atoms with Gasteiger partial charge in [-0.2, -0.15) is 0 Å². The normalized spacial score (nSPS) is 14.4. The van der Waals surface area contributed by atoms with Crippen LogP contribution in [0, 0.1) is 6.92 Å². The summed E-state index contributed by atoms with van der Waals surface area (Å²) in [6.07, 6.45) is 1.78. The third kappa shape index (κ3) is 4.27. The second-order valence-electron chi connectivity index (χ2n) is 6.90. The number of ether oxygens (including phenoxy) is 1. The number of aromatic nitrogens is 4. The van der Waals surface area contributed by atoms with Crippen molar-refractivity contribution in [2.24, 2.45) is 0 Å². The van der Waals surface area contributed by atoms with Crippen molar-refractivity contribution in [2.75, 3.05) is 37.7 Å². The van der Waals surface area contributed by atoms with Crippen molar-refractivity contribution in [1.82, 2.24) is 24.8 Å². The average Bonchev–Trinajstić information content (AvgIpc) is 2.77. The minimum atomic E-state index is -2.58. The van der Waals surface area contributed by atoms with Crippen molar-refractivity contribution in [3.8, 4) is 5.88 Å². The van der Waals surface area contributed by atoms with Gasteiger partial charge in [-0.05, 0) is 25.1 Å². The van der Waals surface area contributed by atoms with E-state index in [4.69, 9.17) is 4.74 Å². The summed E-state index contributed by atoms with van der Waals surface area (Å²) in [5.41, 5.74) is 2.59. The fraction of sp³-hybridized carbons (Fsp3) is 0.350. The molecule has 1 aliphatic rings. The van der Waals surface area contributed by atoms with Gasteiger partial charge in [0.15, 0.2) is 6.61 Å². The first-order valence-electron chi connectivity index (χ1n) is 9.50. The summed E-state index contributed by atoms with van der Waals surface area (Å²) in [6.45, 7) is 3.41. The Morgan fingerprint density at radius 2 is 1.90 bits per heavy atom. The van der Waals surface area contributed by atoms with Crippen LogP contribution in [0.1, 0.15) is 16.2 Å². The van der Waals surface area contributed by atoms with Crippen LogP contribution >= 0.6 is 0 Å². The highest BCUT2D eigenvalue weighted by molar-refractivity contribution is 5.92. The van der Waals surface area contributed by atoms with Crippen LogP contribution in [0.5, 0.6) is 5.88 Å². The highest BCUT2D eigenvalue weighted by Gasteiger charge is 2.24. The van der Waals surface area contributed by atoms with Gasteiger partial charge in [0.25, 0.3) is 12.3 Å². The molecule has 0 atom stereocenters. The SMILES string of the molecule is Cc1cnc(C(=O)N2CCN(c3ccc4ncnc(OCC(F)F)c4c3)CC2)cn1. The Hall–Kier alpha value is -3.43. The van der Waals surface area contributed by atoms with Crippen molar-refractivity contribution in [3.63, 3.8) is 0 Å². The van der Waals surface area contributed by atoms with Gasteiger partial charge in [-0.1, -0.05) is 0 Å². The lowest BCUT2D eigenvalue weighted by atomic mass is 10.2. The van der Waals surface area contributed by atoms with Crippen molar-refractivity contribution in [1.29, 1.82) is 0 Å². The summed E-state index contributed by atoms with van der Waals surface area (Å²) in [5.74, 6) is -0.00865. The van der Waals surface area contributed by atoms with Gasteiger partial charge in [-0.15, -0.1) is 0 Å². The molecule has 8 nitrogen and oxygen atoms in total. The number of carbonyl (C=O) groups excluding carboxylic acids is 1. The maximum atomic E-state index is 12.6. The molecule has 156 valence electrons. The molecule has 0 spiro atoms. The van der Waals surface area contributed by atoms with Crippen LogP contribution < -0.4 is 9.64 Å². The number of hydrogen-bond donors (Lipinski definition) is 0. The smallest absolute Gasteiger partial charge is 0.274 e. The van der Waals surface area contributed by atoms with Crippen LogP contribution in [0.2, 0.25) is 0 Å². The van der Waals surface area contributed by atoms with Crippen molar-refractivity contribution >= 4 is 22.5 Å². The quantitative estimate of drug-likeness (QED) is 0.634. The van der Waals surface area contributed by atoms with E-state index in [1.165, 1.54) is 12.5 Å². The molecule has 0 N–H and O–H groups in total. The van der Waals surface area contributed by atoms with Gasteiger partial charge in [-0.3, -0.25) is 9.78 Å². The van der Waals surface area contributed by atoms with Crippen LogP contribution in [0.3, 0.4) is 0 Å². The Kier molecular flexibility index (Phi) is 5.64. The lowest BCUT2D eigenvalue weighted by Gasteiger charge is -2.36. The molecule has 0 saturated carbocycles. The third-order valence-electron chi connectivity index (χ3n) is 4.86. The van der Waals surface area contributed by atoms with Crippen LogP contribution in [0.4, 0.5) is 14.5 Å². The van der Waals surface area contributed by atoms with E-state index in [0.717, 1.165) is 11.4 Å². The van der Waals surface area contributed by atoms with E-state index in [-0.39, 0.29) is 11.8 Å². The maximum Gasteiger partial charge on any atom is 0.274 e. The first-order valence-corrected chi connectivity index (χ1v) is 9.50. The Balaban J connectivity index is 1.47. The minimum absolute atomic E-state index is 0.133. The molecule has 2 aromatic heterocycles. The van der Waals surface area contributed by atoms with E-state index in [9.17, 15) is 13.6 Å². The average molecular weight is 414 g/mol. The zero-order chi connectivity index (χ0) is 21.1. The Bertz CT molecular complexity index is 1040. The number of alkyl halides is 2. The molecule has 0 radical (unpaired) electrons. The minimum Gasteiger partial charge on any atom is -0.471 e. The van der Waals surface area contributed by atoms with E-state index in [1.807, 2.05) is 19.1 Å². The molecule has 1 saturated heterocycles. The standard InChI is InChI=1S/C20H20F2N6O2/c1-13-9-24-17(10-23-13)20(29)28-6-4-27(5-7-28)14-2-3-16-15(8-14)19(26-12-25-16)30-11-18(21)22/h2-3,8-10,12,18H,4-7,11H2,1H3. The molecule has 3 aromatic rings. The molecule has 1 aromatic carbocycles. The molecule has 0 bridgehead atoms. The predicted octanol–water partition coefficient (Wildman–Crippen LogP) is 2.33. The highest BCUT2D eigenvalue weighted by Crippen LogP contribution is 2.27. The fourth-order valence-electron chi connectivity index (χ4n) is 3.31. The number of fused-ring (bicyclic) bond motifs is 1. The summed E-state index contributed by atoms with van der Waals surface area (Å²) in [4.78, 5) is 32.9. The predicted molar refractivity (Wildman–Crippen MR) is 106 cm³/mol. The Morgan fingerprint density at radius 1 is 1.10 bits per heavy atom. The largest absolute Gasteiger partial charge is 0.471 e. The lowest BCUT2D eigenvalue weighted by molar-refractivity contribution is 0.0740. The molecular weight excluding hydrogens is 394 g/mol. The molecule has 0 aliphatic carbocycles. The van der Waals surface area contributed by atoms with Gasteiger partial charge >= 0.3 is 0 Å². The van der Waals surface area contributed by atoms with Gasteiger partial charge in [-0.25, -0.2) is 23.7 Å². The number of hydrogen-bond acceptors (Lipinski definition) is 7. The van der Waals surface area contributed by atoms with Gasteiger partial charge in [0.2, 0.25) is 5.88 Å². The zero-order valence-electron chi connectivity index (χ0n) is 16.3. The second kappa shape index (κ2) is 8.52. The van der Waals surface area contributed by atoms with E-state index >= 15 is 0 Å². The summed E-state index contributed by atoms with van der Waals surface area (Å²) >= 11 is 0. The number of aryl methyl sites for hydroxylation is 1. The topological polar surface area (TPSA) is 84.3 Å². The van der Waals surface area contributed by atoms with Crippen LogP contribution in [-0.4, -0.2) is 70.0 Å². The van der Waals surface area contributed by atoms with Crippen molar-refractivity contribution in [3.05, 3.63) is 48.3 Å². The summed E-state index contributed by atoms with van der Waals surface area (Å²) < 4.78 is 30.2. The van der Waals surface area contributed by atoms with E-state index in [1.54, 1.807) is 17.2 Å². The first-order chi connectivity index (χ1) is 14.5. The second-order valence-corrected chi connectivity index (χ2v) is 6.90. The first kappa shape index (κ1) is 19.9. The van der Waals surface area contributed by atoms with Crippen molar-refractivity contribution < 1.29 is 18.3 Å². The lowest BCUT2D eigenvalue weighted by Crippen LogP contribution is -2.49. The molecule has 3 heterocycles. The Labute approximate surface area is 171 Å². The molecule has 1 aliphatic heterocycles. The molecule has 10 heteroatoms. The Morgan fingerprint density at radius 3 is 2.60 bits per heavy atom. The summed E-state index contributed by atoms with van der Waals surface area (Å²) in [6, 6.07) is 5.55. The van der Waals surface area contributed by atoms with E-state index in [0.29, 0.717) is 42.8 Å². The molecule has 0 unspecified atom stereocenters. The highest BCUT2D eigenvalue weighted by atomic mass is 19.3. The number of rotatable bonds is 5. The van der Waals surface area contributed by atoms with Gasteiger partial charge in [0, 0.05) is 38.1 Å². The van der Waals surface area contributed by atoms with Crippen molar-refractivity contribution in [2.45, 2.75) is 13.3 Å². The van der Waals surface area contributed by atoms with E-state index < -0.39 is 13.0 Å².